The second kappa shape index (κ2) is 9.73. The SMILES string of the molecule is C[C@@H](C(=O)O)N(CCCCS)c1ccccc1.[H-].[Na+]. The number of carboxylic acids is 1. The molecule has 1 rings (SSSR count). The molecule has 0 unspecified atom stereocenters. The molecule has 18 heavy (non-hydrogen) atoms. The Morgan fingerprint density at radius 2 is 2.00 bits per heavy atom. The van der Waals surface area contributed by atoms with E-state index in [1.54, 1.807) is 6.92 Å². The number of anilines is 1. The van der Waals surface area contributed by atoms with Gasteiger partial charge in [-0.1, -0.05) is 18.2 Å². The number of benzene rings is 1. The van der Waals surface area contributed by atoms with Gasteiger partial charge in [-0.15, -0.1) is 0 Å². The molecule has 0 aliphatic heterocycles. The Hall–Kier alpha value is -0.160. The second-order valence-corrected chi connectivity index (χ2v) is 4.42. The fourth-order valence-electron chi connectivity index (χ4n) is 1.69. The van der Waals surface area contributed by atoms with Gasteiger partial charge in [-0.2, -0.15) is 12.6 Å². The molecular formula is C13H20NNaO2S. The number of carbonyl (C=O) groups is 1. The molecule has 3 nitrogen and oxygen atoms in total. The number of nitrogens with zero attached hydrogens (tertiary/aromatic N) is 1. The van der Waals surface area contributed by atoms with Crippen LogP contribution >= 0.6 is 12.6 Å². The zero-order chi connectivity index (χ0) is 12.7. The monoisotopic (exact) mass is 277 g/mol. The third-order valence-electron chi connectivity index (χ3n) is 2.72. The molecule has 1 N–H and O–H groups in total. The molecule has 0 bridgehead atoms. The average molecular weight is 277 g/mol. The normalized spacial score (nSPS) is 11.4. The summed E-state index contributed by atoms with van der Waals surface area (Å²) in [5.74, 6) is 0.0455. The van der Waals surface area contributed by atoms with E-state index in [2.05, 4.69) is 12.6 Å². The van der Waals surface area contributed by atoms with Crippen LogP contribution in [-0.2, 0) is 4.79 Å². The summed E-state index contributed by atoms with van der Waals surface area (Å²) < 4.78 is 0. The number of hydrogen-bond acceptors (Lipinski definition) is 3. The van der Waals surface area contributed by atoms with Gasteiger partial charge in [0.25, 0.3) is 0 Å². The van der Waals surface area contributed by atoms with Gasteiger partial charge in [-0.25, -0.2) is 4.79 Å². The minimum atomic E-state index is -0.792. The van der Waals surface area contributed by atoms with Crippen LogP contribution in [0.3, 0.4) is 0 Å². The number of aliphatic carboxylic acids is 1. The molecule has 0 saturated carbocycles. The van der Waals surface area contributed by atoms with Crippen molar-refractivity contribution in [3.8, 4) is 0 Å². The number of para-hydroxylation sites is 1. The first kappa shape index (κ1) is 17.8. The van der Waals surface area contributed by atoms with E-state index in [-0.39, 0.29) is 31.0 Å². The van der Waals surface area contributed by atoms with E-state index in [0.717, 1.165) is 30.8 Å². The van der Waals surface area contributed by atoms with Crippen LogP contribution in [0, 0.1) is 0 Å². The van der Waals surface area contributed by atoms with E-state index in [9.17, 15) is 4.79 Å². The van der Waals surface area contributed by atoms with Crippen LogP contribution in [0.2, 0.25) is 0 Å². The van der Waals surface area contributed by atoms with Crippen LogP contribution in [0.5, 0.6) is 0 Å². The molecular weight excluding hydrogens is 257 g/mol. The first-order valence-electron chi connectivity index (χ1n) is 5.82. The van der Waals surface area contributed by atoms with Crippen molar-refractivity contribution in [2.75, 3.05) is 17.2 Å². The number of unbranched alkanes of at least 4 members (excludes halogenated alkanes) is 1. The standard InChI is InChI=1S/C13H19NO2S.Na.H/c1-11(13(15)16)14(9-5-6-10-17)12-7-3-2-4-8-12;;/h2-4,7-8,11,17H,5-6,9-10H2,1H3,(H,15,16);;/q;+1;-1/t11-;;/m0../s1. The summed E-state index contributed by atoms with van der Waals surface area (Å²) in [6.07, 6.45) is 1.95. The Bertz CT molecular complexity index is 354. The molecule has 1 aromatic carbocycles. The molecule has 0 fully saturated rings. The van der Waals surface area contributed by atoms with Crippen molar-refractivity contribution in [2.24, 2.45) is 0 Å². The topological polar surface area (TPSA) is 40.5 Å². The molecule has 0 saturated heterocycles. The van der Waals surface area contributed by atoms with Crippen molar-refractivity contribution in [3.63, 3.8) is 0 Å². The van der Waals surface area contributed by atoms with Gasteiger partial charge in [0.1, 0.15) is 6.04 Å². The number of thiol groups is 1. The van der Waals surface area contributed by atoms with Crippen LogP contribution in [0.4, 0.5) is 5.69 Å². The predicted molar refractivity (Wildman–Crippen MR) is 75.1 cm³/mol. The molecule has 0 radical (unpaired) electrons. The summed E-state index contributed by atoms with van der Waals surface area (Å²) in [6.45, 7) is 2.47. The number of rotatable bonds is 7. The van der Waals surface area contributed by atoms with E-state index in [1.807, 2.05) is 35.2 Å². The van der Waals surface area contributed by atoms with Crippen LogP contribution in [0.1, 0.15) is 21.2 Å². The third kappa shape index (κ3) is 5.65. The van der Waals surface area contributed by atoms with Crippen molar-refractivity contribution in [3.05, 3.63) is 30.3 Å². The molecule has 1 atom stereocenters. The Morgan fingerprint density at radius 3 is 2.50 bits per heavy atom. The van der Waals surface area contributed by atoms with Gasteiger partial charge in [0.2, 0.25) is 0 Å². The minimum absolute atomic E-state index is 0. The molecule has 0 aliphatic rings. The maximum Gasteiger partial charge on any atom is 1.00 e. The van der Waals surface area contributed by atoms with Gasteiger partial charge in [0, 0.05) is 12.2 Å². The van der Waals surface area contributed by atoms with Gasteiger partial charge in [0.15, 0.2) is 0 Å². The summed E-state index contributed by atoms with van der Waals surface area (Å²) in [6, 6.07) is 9.17. The minimum Gasteiger partial charge on any atom is -1.00 e. The summed E-state index contributed by atoms with van der Waals surface area (Å²) in [5.41, 5.74) is 0.960. The maximum absolute atomic E-state index is 11.1. The van der Waals surface area contributed by atoms with Gasteiger partial charge in [-0.05, 0) is 37.7 Å². The Morgan fingerprint density at radius 1 is 1.39 bits per heavy atom. The van der Waals surface area contributed by atoms with Crippen molar-refractivity contribution < 1.29 is 40.9 Å². The second-order valence-electron chi connectivity index (χ2n) is 3.97. The molecule has 0 aliphatic carbocycles. The van der Waals surface area contributed by atoms with E-state index < -0.39 is 12.0 Å². The zero-order valence-corrected chi connectivity index (χ0v) is 13.9. The molecule has 96 valence electrons. The van der Waals surface area contributed by atoms with Gasteiger partial charge >= 0.3 is 35.5 Å². The van der Waals surface area contributed by atoms with Crippen LogP contribution in [0.25, 0.3) is 0 Å². The predicted octanol–water partition coefficient (Wildman–Crippen LogP) is -0.207. The average Bonchev–Trinajstić information content (AvgIpc) is 2.35. The van der Waals surface area contributed by atoms with E-state index in [0.29, 0.717) is 0 Å². The van der Waals surface area contributed by atoms with E-state index in [4.69, 9.17) is 5.11 Å². The van der Waals surface area contributed by atoms with Gasteiger partial charge in [-0.3, -0.25) is 0 Å². The Labute approximate surface area is 138 Å². The first-order chi connectivity index (χ1) is 8.16. The molecule has 1 aromatic rings. The van der Waals surface area contributed by atoms with Crippen molar-refractivity contribution >= 4 is 24.3 Å². The molecule has 0 amide bonds. The van der Waals surface area contributed by atoms with Crippen molar-refractivity contribution in [1.29, 1.82) is 0 Å². The zero-order valence-electron chi connectivity index (χ0n) is 12.0. The fraction of sp³-hybridized carbons (Fsp3) is 0.462. The van der Waals surface area contributed by atoms with E-state index in [1.165, 1.54) is 0 Å². The molecule has 0 aromatic heterocycles. The Balaban J connectivity index is 0. The molecule has 5 heteroatoms. The smallest absolute Gasteiger partial charge is 1.00 e. The van der Waals surface area contributed by atoms with Crippen molar-refractivity contribution in [2.45, 2.75) is 25.8 Å². The van der Waals surface area contributed by atoms with Gasteiger partial charge < -0.3 is 11.4 Å². The number of carboxylic acid groups (broad SMARTS) is 1. The quantitative estimate of drug-likeness (QED) is 0.412. The van der Waals surface area contributed by atoms with Crippen molar-refractivity contribution in [1.82, 2.24) is 0 Å². The first-order valence-corrected chi connectivity index (χ1v) is 6.45. The third-order valence-corrected chi connectivity index (χ3v) is 3.04. The summed E-state index contributed by atoms with van der Waals surface area (Å²) in [7, 11) is 0. The largest absolute Gasteiger partial charge is 1.00 e. The summed E-state index contributed by atoms with van der Waals surface area (Å²) in [4.78, 5) is 13.0. The van der Waals surface area contributed by atoms with E-state index >= 15 is 0 Å². The van der Waals surface area contributed by atoms with Crippen LogP contribution < -0.4 is 34.5 Å². The molecule has 0 heterocycles. The molecule has 0 spiro atoms. The fourth-order valence-corrected chi connectivity index (χ4v) is 1.92. The summed E-state index contributed by atoms with van der Waals surface area (Å²) in [5, 5.41) is 9.11. The van der Waals surface area contributed by atoms with Gasteiger partial charge in [0.05, 0.1) is 0 Å². The Kier molecular flexibility index (Phi) is 9.64. The van der Waals surface area contributed by atoms with Crippen LogP contribution in [0.15, 0.2) is 30.3 Å². The number of hydrogen-bond donors (Lipinski definition) is 2. The summed E-state index contributed by atoms with van der Waals surface area (Å²) >= 11 is 4.17. The van der Waals surface area contributed by atoms with Crippen LogP contribution in [-0.4, -0.2) is 29.4 Å². The maximum atomic E-state index is 11.1.